The fraction of sp³-hybridized carbons (Fsp3) is 0.538. The molecule has 0 fully saturated rings. The van der Waals surface area contributed by atoms with Crippen molar-refractivity contribution in [1.29, 1.82) is 0 Å². The third kappa shape index (κ3) is 3.82. The molecule has 4 heteroatoms. The normalized spacial score (nSPS) is 16.0. The van der Waals surface area contributed by atoms with Gasteiger partial charge in [-0.1, -0.05) is 26.3 Å². The quantitative estimate of drug-likeness (QED) is 0.815. The standard InChI is InChI=1S/C13H21N3O/c1-4-9(2)12(14)13(17)16-10(3)11-7-5-6-8-15-11/h5-10,12H,4,14H2,1-3H3,(H,16,17)/t9?,10-,12?/m1/s1. The Morgan fingerprint density at radius 3 is 2.71 bits per heavy atom. The molecule has 3 N–H and O–H groups in total. The average Bonchev–Trinajstić information content (AvgIpc) is 2.37. The van der Waals surface area contributed by atoms with Gasteiger partial charge in [-0.3, -0.25) is 9.78 Å². The lowest BCUT2D eigenvalue weighted by molar-refractivity contribution is -0.124. The zero-order chi connectivity index (χ0) is 12.8. The molecule has 1 aromatic rings. The SMILES string of the molecule is CCC(C)C(N)C(=O)N[C@H](C)c1ccccn1. The third-order valence-corrected chi connectivity index (χ3v) is 3.05. The first kappa shape index (κ1) is 13.6. The number of carbonyl (C=O) groups is 1. The number of amides is 1. The van der Waals surface area contributed by atoms with Crippen molar-refractivity contribution in [2.45, 2.75) is 39.3 Å². The molecule has 4 nitrogen and oxygen atoms in total. The van der Waals surface area contributed by atoms with E-state index in [0.717, 1.165) is 12.1 Å². The van der Waals surface area contributed by atoms with E-state index >= 15 is 0 Å². The molecule has 0 aromatic carbocycles. The number of carbonyl (C=O) groups excluding carboxylic acids is 1. The van der Waals surface area contributed by atoms with Gasteiger partial charge in [0.1, 0.15) is 0 Å². The summed E-state index contributed by atoms with van der Waals surface area (Å²) in [6.45, 7) is 5.92. The number of pyridine rings is 1. The van der Waals surface area contributed by atoms with Gasteiger partial charge in [-0.15, -0.1) is 0 Å². The van der Waals surface area contributed by atoms with Crippen LogP contribution in [0, 0.1) is 5.92 Å². The second kappa shape index (κ2) is 6.35. The van der Waals surface area contributed by atoms with Crippen molar-refractivity contribution < 1.29 is 4.79 Å². The van der Waals surface area contributed by atoms with Crippen LogP contribution in [0.4, 0.5) is 0 Å². The van der Waals surface area contributed by atoms with E-state index in [1.54, 1.807) is 6.20 Å². The molecule has 0 bridgehead atoms. The van der Waals surface area contributed by atoms with Crippen LogP contribution in [-0.2, 0) is 4.79 Å². The van der Waals surface area contributed by atoms with Gasteiger partial charge in [0.15, 0.2) is 0 Å². The molecule has 1 amide bonds. The van der Waals surface area contributed by atoms with Crippen LogP contribution in [0.3, 0.4) is 0 Å². The Bertz CT molecular complexity index is 353. The maximum Gasteiger partial charge on any atom is 0.237 e. The summed E-state index contributed by atoms with van der Waals surface area (Å²) in [5, 5.41) is 2.88. The van der Waals surface area contributed by atoms with Gasteiger partial charge in [-0.05, 0) is 25.0 Å². The van der Waals surface area contributed by atoms with Crippen molar-refractivity contribution in [3.8, 4) is 0 Å². The van der Waals surface area contributed by atoms with Gasteiger partial charge in [-0.25, -0.2) is 0 Å². The topological polar surface area (TPSA) is 68.0 Å². The van der Waals surface area contributed by atoms with Gasteiger partial charge in [0.2, 0.25) is 5.91 Å². The van der Waals surface area contributed by atoms with Crippen LogP contribution in [0.5, 0.6) is 0 Å². The second-order valence-corrected chi connectivity index (χ2v) is 4.40. The molecule has 0 aliphatic carbocycles. The van der Waals surface area contributed by atoms with Gasteiger partial charge >= 0.3 is 0 Å². The largest absolute Gasteiger partial charge is 0.347 e. The summed E-state index contributed by atoms with van der Waals surface area (Å²) in [6, 6.07) is 5.08. The van der Waals surface area contributed by atoms with Crippen LogP contribution < -0.4 is 11.1 Å². The Balaban J connectivity index is 2.57. The molecular weight excluding hydrogens is 214 g/mol. The fourth-order valence-electron chi connectivity index (χ4n) is 1.53. The van der Waals surface area contributed by atoms with E-state index in [9.17, 15) is 4.79 Å². The highest BCUT2D eigenvalue weighted by Gasteiger charge is 2.21. The number of nitrogens with one attached hydrogen (secondary N) is 1. The van der Waals surface area contributed by atoms with Gasteiger partial charge < -0.3 is 11.1 Å². The summed E-state index contributed by atoms with van der Waals surface area (Å²) >= 11 is 0. The van der Waals surface area contributed by atoms with Crippen molar-refractivity contribution in [2.24, 2.45) is 11.7 Å². The molecule has 0 radical (unpaired) electrons. The molecule has 0 aliphatic rings. The van der Waals surface area contributed by atoms with E-state index in [0.29, 0.717) is 0 Å². The molecule has 0 saturated heterocycles. The van der Waals surface area contributed by atoms with Crippen molar-refractivity contribution in [3.63, 3.8) is 0 Å². The van der Waals surface area contributed by atoms with Crippen LogP contribution in [0.2, 0.25) is 0 Å². The van der Waals surface area contributed by atoms with E-state index in [4.69, 9.17) is 5.73 Å². The van der Waals surface area contributed by atoms with Gasteiger partial charge in [0.05, 0.1) is 17.8 Å². The zero-order valence-electron chi connectivity index (χ0n) is 10.7. The smallest absolute Gasteiger partial charge is 0.237 e. The maximum absolute atomic E-state index is 11.9. The van der Waals surface area contributed by atoms with E-state index in [1.165, 1.54) is 0 Å². The third-order valence-electron chi connectivity index (χ3n) is 3.05. The monoisotopic (exact) mass is 235 g/mol. The molecule has 3 atom stereocenters. The lowest BCUT2D eigenvalue weighted by atomic mass is 9.99. The summed E-state index contributed by atoms with van der Waals surface area (Å²) < 4.78 is 0. The molecule has 0 aliphatic heterocycles. The molecule has 0 saturated carbocycles. The molecular formula is C13H21N3O. The minimum Gasteiger partial charge on any atom is -0.347 e. The lowest BCUT2D eigenvalue weighted by Crippen LogP contribution is -2.45. The second-order valence-electron chi connectivity index (χ2n) is 4.40. The van der Waals surface area contributed by atoms with Crippen LogP contribution in [-0.4, -0.2) is 16.9 Å². The van der Waals surface area contributed by atoms with E-state index in [2.05, 4.69) is 10.3 Å². The van der Waals surface area contributed by atoms with Crippen LogP contribution >= 0.6 is 0 Å². The average molecular weight is 235 g/mol. The highest BCUT2D eigenvalue weighted by molar-refractivity contribution is 5.82. The predicted molar refractivity (Wildman–Crippen MR) is 68.2 cm³/mol. The van der Waals surface area contributed by atoms with E-state index < -0.39 is 6.04 Å². The Labute approximate surface area is 103 Å². The first-order chi connectivity index (χ1) is 8.06. The number of hydrogen-bond acceptors (Lipinski definition) is 3. The van der Waals surface area contributed by atoms with Gasteiger partial charge in [0, 0.05) is 6.20 Å². The summed E-state index contributed by atoms with van der Waals surface area (Å²) in [4.78, 5) is 16.1. The van der Waals surface area contributed by atoms with Crippen LogP contribution in [0.15, 0.2) is 24.4 Å². The summed E-state index contributed by atoms with van der Waals surface area (Å²) in [6.07, 6.45) is 2.61. The predicted octanol–water partition coefficient (Wildman–Crippen LogP) is 1.63. The van der Waals surface area contributed by atoms with Crippen LogP contribution in [0.1, 0.15) is 38.9 Å². The van der Waals surface area contributed by atoms with Crippen LogP contribution in [0.25, 0.3) is 0 Å². The molecule has 1 rings (SSSR count). The lowest BCUT2D eigenvalue weighted by Gasteiger charge is -2.20. The highest BCUT2D eigenvalue weighted by Crippen LogP contribution is 2.10. The van der Waals surface area contributed by atoms with Crippen molar-refractivity contribution in [3.05, 3.63) is 30.1 Å². The Morgan fingerprint density at radius 1 is 1.47 bits per heavy atom. The van der Waals surface area contributed by atoms with Crippen molar-refractivity contribution >= 4 is 5.91 Å². The first-order valence-corrected chi connectivity index (χ1v) is 6.03. The zero-order valence-corrected chi connectivity index (χ0v) is 10.7. The molecule has 2 unspecified atom stereocenters. The minimum atomic E-state index is -0.453. The summed E-state index contributed by atoms with van der Waals surface area (Å²) in [5.41, 5.74) is 6.71. The fourth-order valence-corrected chi connectivity index (χ4v) is 1.53. The number of nitrogens with zero attached hydrogens (tertiary/aromatic N) is 1. The van der Waals surface area contributed by atoms with Crippen molar-refractivity contribution in [2.75, 3.05) is 0 Å². The van der Waals surface area contributed by atoms with E-state index in [1.807, 2.05) is 39.0 Å². The molecule has 1 heterocycles. The van der Waals surface area contributed by atoms with E-state index in [-0.39, 0.29) is 17.9 Å². The highest BCUT2D eigenvalue weighted by atomic mass is 16.2. The first-order valence-electron chi connectivity index (χ1n) is 6.03. The van der Waals surface area contributed by atoms with Gasteiger partial charge in [0.25, 0.3) is 0 Å². The van der Waals surface area contributed by atoms with Gasteiger partial charge in [-0.2, -0.15) is 0 Å². The molecule has 1 aromatic heterocycles. The Hall–Kier alpha value is -1.42. The Kier molecular flexibility index (Phi) is 5.10. The summed E-state index contributed by atoms with van der Waals surface area (Å²) in [5.74, 6) is 0.0726. The van der Waals surface area contributed by atoms with Crippen molar-refractivity contribution in [1.82, 2.24) is 10.3 Å². The number of aromatic nitrogens is 1. The maximum atomic E-state index is 11.9. The number of nitrogens with two attached hydrogens (primary N) is 1. The summed E-state index contributed by atoms with van der Waals surface area (Å²) in [7, 11) is 0. The Morgan fingerprint density at radius 2 is 2.18 bits per heavy atom. The number of hydrogen-bond donors (Lipinski definition) is 2. The minimum absolute atomic E-state index is 0.112. The molecule has 94 valence electrons. The molecule has 17 heavy (non-hydrogen) atoms. The number of rotatable bonds is 5. The molecule has 0 spiro atoms.